The summed E-state index contributed by atoms with van der Waals surface area (Å²) in [5.41, 5.74) is 5.42. The molecule has 0 radical (unpaired) electrons. The normalized spacial score (nSPS) is 11.4. The summed E-state index contributed by atoms with van der Waals surface area (Å²) in [6.45, 7) is 1.89. The van der Waals surface area contributed by atoms with Crippen molar-refractivity contribution in [2.75, 3.05) is 17.1 Å². The largest absolute Gasteiger partial charge is 0.489 e. The highest BCUT2D eigenvalue weighted by Gasteiger charge is 2.20. The zero-order valence-corrected chi connectivity index (χ0v) is 19.8. The van der Waals surface area contributed by atoms with Crippen LogP contribution >= 0.6 is 11.6 Å². The molecule has 0 spiro atoms. The molecule has 3 aromatic rings. The van der Waals surface area contributed by atoms with Crippen molar-refractivity contribution in [3.63, 3.8) is 0 Å². The van der Waals surface area contributed by atoms with E-state index in [4.69, 9.17) is 16.3 Å². The molecule has 0 fully saturated rings. The maximum absolute atomic E-state index is 12.3. The lowest BCUT2D eigenvalue weighted by Gasteiger charge is -2.21. The van der Waals surface area contributed by atoms with E-state index in [0.717, 1.165) is 27.3 Å². The van der Waals surface area contributed by atoms with Gasteiger partial charge in [0.25, 0.3) is 5.91 Å². The number of rotatable bonds is 9. The molecule has 0 heterocycles. The Morgan fingerprint density at radius 1 is 1.09 bits per heavy atom. The number of sulfonamides is 1. The van der Waals surface area contributed by atoms with E-state index in [1.54, 1.807) is 42.5 Å². The predicted molar refractivity (Wildman–Crippen MR) is 131 cm³/mol. The van der Waals surface area contributed by atoms with Gasteiger partial charge in [0.1, 0.15) is 18.9 Å². The van der Waals surface area contributed by atoms with Gasteiger partial charge in [-0.05, 0) is 72.1 Å². The van der Waals surface area contributed by atoms with Gasteiger partial charge in [0.05, 0.1) is 18.2 Å². The molecule has 7 nitrogen and oxygen atoms in total. The third kappa shape index (κ3) is 7.62. The Morgan fingerprint density at radius 3 is 2.42 bits per heavy atom. The molecule has 0 atom stereocenters. The molecule has 0 aliphatic carbocycles. The standard InChI is InChI=1S/C24H24ClN3O4S/c1-18-4-3-5-22(14-18)28(33(2,30)31)16-24(29)27-26-15-19-8-12-23(13-9-19)32-17-20-6-10-21(25)11-7-20/h3-15H,16-17H2,1-2H3,(H,27,29)/b26-15-. The number of hydrogen-bond acceptors (Lipinski definition) is 5. The molecule has 0 saturated heterocycles. The van der Waals surface area contributed by atoms with E-state index >= 15 is 0 Å². The lowest BCUT2D eigenvalue weighted by molar-refractivity contribution is -0.119. The van der Waals surface area contributed by atoms with E-state index in [1.165, 1.54) is 6.21 Å². The van der Waals surface area contributed by atoms with E-state index in [0.29, 0.717) is 23.1 Å². The second-order valence-electron chi connectivity index (χ2n) is 7.39. The van der Waals surface area contributed by atoms with Crippen molar-refractivity contribution in [2.24, 2.45) is 5.10 Å². The highest BCUT2D eigenvalue weighted by Crippen LogP contribution is 2.18. The monoisotopic (exact) mass is 485 g/mol. The van der Waals surface area contributed by atoms with Crippen LogP contribution in [0.2, 0.25) is 5.02 Å². The molecule has 1 amide bonds. The van der Waals surface area contributed by atoms with Crippen molar-refractivity contribution >= 4 is 39.4 Å². The van der Waals surface area contributed by atoms with Crippen LogP contribution in [0.15, 0.2) is 77.9 Å². The average Bonchev–Trinajstić information content (AvgIpc) is 2.77. The average molecular weight is 486 g/mol. The zero-order chi connectivity index (χ0) is 23.8. The fraction of sp³-hybridized carbons (Fsp3) is 0.167. The summed E-state index contributed by atoms with van der Waals surface area (Å²) >= 11 is 5.88. The lowest BCUT2D eigenvalue weighted by atomic mass is 10.2. The Labute approximate surface area is 198 Å². The summed E-state index contributed by atoms with van der Waals surface area (Å²) in [4.78, 5) is 12.3. The molecule has 1 N–H and O–H groups in total. The number of benzene rings is 3. The fourth-order valence-electron chi connectivity index (χ4n) is 2.93. The van der Waals surface area contributed by atoms with Crippen molar-refractivity contribution in [1.29, 1.82) is 0 Å². The molecule has 0 aliphatic rings. The lowest BCUT2D eigenvalue weighted by Crippen LogP contribution is -2.39. The van der Waals surface area contributed by atoms with Gasteiger partial charge in [-0.2, -0.15) is 5.10 Å². The summed E-state index contributed by atoms with van der Waals surface area (Å²) in [6.07, 6.45) is 2.53. The van der Waals surface area contributed by atoms with Crippen LogP contribution in [-0.2, 0) is 21.4 Å². The SMILES string of the molecule is Cc1cccc(N(CC(=O)N/N=C\c2ccc(OCc3ccc(Cl)cc3)cc2)S(C)(=O)=O)c1. The van der Waals surface area contributed by atoms with Crippen LogP contribution < -0.4 is 14.5 Å². The van der Waals surface area contributed by atoms with E-state index in [2.05, 4.69) is 10.5 Å². The summed E-state index contributed by atoms with van der Waals surface area (Å²) in [7, 11) is -3.64. The van der Waals surface area contributed by atoms with Crippen molar-refractivity contribution < 1.29 is 17.9 Å². The number of nitrogens with zero attached hydrogens (tertiary/aromatic N) is 2. The third-order valence-corrected chi connectivity index (χ3v) is 5.97. The maximum atomic E-state index is 12.3. The molecule has 3 rings (SSSR count). The van der Waals surface area contributed by atoms with Crippen LogP contribution in [-0.4, -0.2) is 33.3 Å². The smallest absolute Gasteiger partial charge is 0.260 e. The van der Waals surface area contributed by atoms with Crippen molar-refractivity contribution in [3.8, 4) is 5.75 Å². The topological polar surface area (TPSA) is 88.1 Å². The second-order valence-corrected chi connectivity index (χ2v) is 9.73. The Kier molecular flexibility index (Phi) is 8.08. The van der Waals surface area contributed by atoms with Gasteiger partial charge in [-0.3, -0.25) is 9.10 Å². The van der Waals surface area contributed by atoms with Gasteiger partial charge in [-0.15, -0.1) is 0 Å². The third-order valence-electron chi connectivity index (χ3n) is 4.58. The van der Waals surface area contributed by atoms with Crippen molar-refractivity contribution in [2.45, 2.75) is 13.5 Å². The fourth-order valence-corrected chi connectivity index (χ4v) is 3.90. The molecule has 172 valence electrons. The molecular weight excluding hydrogens is 462 g/mol. The quantitative estimate of drug-likeness (QED) is 0.364. The number of hydrogen-bond donors (Lipinski definition) is 1. The summed E-state index contributed by atoms with van der Waals surface area (Å²) in [5, 5.41) is 4.59. The first kappa shape index (κ1) is 24.3. The molecule has 0 aromatic heterocycles. The zero-order valence-electron chi connectivity index (χ0n) is 18.2. The highest BCUT2D eigenvalue weighted by molar-refractivity contribution is 7.92. The van der Waals surface area contributed by atoms with E-state index in [1.807, 2.05) is 37.3 Å². The number of anilines is 1. The Balaban J connectivity index is 1.54. The molecule has 9 heteroatoms. The first-order valence-electron chi connectivity index (χ1n) is 10.0. The van der Waals surface area contributed by atoms with Crippen LogP contribution in [0.5, 0.6) is 5.75 Å². The first-order valence-corrected chi connectivity index (χ1v) is 12.3. The van der Waals surface area contributed by atoms with Crippen LogP contribution in [0, 0.1) is 6.92 Å². The Hall–Kier alpha value is -3.36. The minimum Gasteiger partial charge on any atom is -0.489 e. The molecule has 0 bridgehead atoms. The number of carbonyl (C=O) groups is 1. The van der Waals surface area contributed by atoms with Crippen molar-refractivity contribution in [3.05, 3.63) is 94.5 Å². The van der Waals surface area contributed by atoms with Gasteiger partial charge in [0.2, 0.25) is 10.0 Å². The van der Waals surface area contributed by atoms with E-state index in [9.17, 15) is 13.2 Å². The minimum atomic E-state index is -3.64. The number of nitrogens with one attached hydrogen (secondary N) is 1. The van der Waals surface area contributed by atoms with Crippen molar-refractivity contribution in [1.82, 2.24) is 5.43 Å². The van der Waals surface area contributed by atoms with Gasteiger partial charge < -0.3 is 4.74 Å². The summed E-state index contributed by atoms with van der Waals surface area (Å²) < 4.78 is 31.1. The number of carbonyl (C=O) groups excluding carboxylic acids is 1. The minimum absolute atomic E-state index is 0.378. The van der Waals surface area contributed by atoms with Gasteiger partial charge in [0.15, 0.2) is 0 Å². The first-order chi connectivity index (χ1) is 15.7. The van der Waals surface area contributed by atoms with Gasteiger partial charge in [-0.25, -0.2) is 13.8 Å². The van der Waals surface area contributed by atoms with Crippen LogP contribution in [0.1, 0.15) is 16.7 Å². The van der Waals surface area contributed by atoms with Gasteiger partial charge in [0, 0.05) is 5.02 Å². The molecule has 0 unspecified atom stereocenters. The van der Waals surface area contributed by atoms with Crippen LogP contribution in [0.3, 0.4) is 0 Å². The summed E-state index contributed by atoms with van der Waals surface area (Å²) in [5.74, 6) is 0.134. The number of amides is 1. The predicted octanol–water partition coefficient (Wildman–Crippen LogP) is 4.14. The second kappa shape index (κ2) is 11.0. The van der Waals surface area contributed by atoms with Gasteiger partial charge >= 0.3 is 0 Å². The molecule has 0 aliphatic heterocycles. The molecule has 0 saturated carbocycles. The Bertz CT molecular complexity index is 1230. The highest BCUT2D eigenvalue weighted by atomic mass is 35.5. The van der Waals surface area contributed by atoms with Gasteiger partial charge in [-0.1, -0.05) is 35.9 Å². The molecular formula is C24H24ClN3O4S. The van der Waals surface area contributed by atoms with Crippen LogP contribution in [0.25, 0.3) is 0 Å². The number of ether oxygens (including phenoxy) is 1. The summed E-state index contributed by atoms with van der Waals surface area (Å²) in [6, 6.07) is 21.5. The number of aryl methyl sites for hydroxylation is 1. The Morgan fingerprint density at radius 2 is 1.79 bits per heavy atom. The molecule has 3 aromatic carbocycles. The van der Waals surface area contributed by atoms with Crippen LogP contribution in [0.4, 0.5) is 5.69 Å². The maximum Gasteiger partial charge on any atom is 0.260 e. The van der Waals surface area contributed by atoms with E-state index < -0.39 is 15.9 Å². The number of halogens is 1. The van der Waals surface area contributed by atoms with E-state index in [-0.39, 0.29) is 6.54 Å². The number of hydrazone groups is 1. The molecule has 33 heavy (non-hydrogen) atoms.